The largest absolute Gasteiger partial charge is 0.318 e. The number of likely N-dealkylation sites (N-methyl/N-ethyl adjacent to an activating group) is 1. The topological polar surface area (TPSA) is 15.3 Å². The molecule has 0 amide bonds. The zero-order valence-electron chi connectivity index (χ0n) is 11.6. The van der Waals surface area contributed by atoms with Gasteiger partial charge in [-0.2, -0.15) is 0 Å². The van der Waals surface area contributed by atoms with Gasteiger partial charge >= 0.3 is 0 Å². The van der Waals surface area contributed by atoms with E-state index in [1.54, 1.807) is 12.1 Å². The lowest BCUT2D eigenvalue weighted by atomic mass is 9.97. The van der Waals surface area contributed by atoms with Gasteiger partial charge in [0, 0.05) is 23.1 Å². The van der Waals surface area contributed by atoms with Gasteiger partial charge in [-0.15, -0.1) is 0 Å². The van der Waals surface area contributed by atoms with Crippen LogP contribution in [0.25, 0.3) is 0 Å². The van der Waals surface area contributed by atoms with E-state index in [1.165, 1.54) is 24.8 Å². The lowest BCUT2D eigenvalue weighted by molar-refractivity contribution is 0.103. The van der Waals surface area contributed by atoms with E-state index in [2.05, 4.69) is 33.1 Å². The quantitative estimate of drug-likeness (QED) is 0.906. The molecular formula is C15H22BrFN2. The number of piperidine rings is 1. The molecule has 1 aromatic carbocycles. The summed E-state index contributed by atoms with van der Waals surface area (Å²) in [7, 11) is 2.01. The number of rotatable bonds is 4. The van der Waals surface area contributed by atoms with Crippen molar-refractivity contribution in [3.63, 3.8) is 0 Å². The molecule has 0 bridgehead atoms. The van der Waals surface area contributed by atoms with Crippen LogP contribution in [0.2, 0.25) is 0 Å². The molecule has 0 spiro atoms. The molecule has 1 saturated heterocycles. The average Bonchev–Trinajstić information content (AvgIpc) is 2.39. The van der Waals surface area contributed by atoms with E-state index in [9.17, 15) is 4.39 Å². The Morgan fingerprint density at radius 1 is 1.47 bits per heavy atom. The van der Waals surface area contributed by atoms with E-state index in [4.69, 9.17) is 0 Å². The van der Waals surface area contributed by atoms with Crippen molar-refractivity contribution in [3.05, 3.63) is 34.1 Å². The van der Waals surface area contributed by atoms with Gasteiger partial charge in [0.2, 0.25) is 0 Å². The number of likely N-dealkylation sites (tertiary alicyclic amines) is 1. The van der Waals surface area contributed by atoms with E-state index < -0.39 is 0 Å². The molecule has 2 nitrogen and oxygen atoms in total. The second-order valence-corrected chi connectivity index (χ2v) is 6.14. The van der Waals surface area contributed by atoms with Crippen molar-refractivity contribution in [2.75, 3.05) is 20.1 Å². The Morgan fingerprint density at radius 3 is 2.95 bits per heavy atom. The first-order valence-corrected chi connectivity index (χ1v) is 7.78. The minimum absolute atomic E-state index is 0.187. The Bertz CT molecular complexity index is 423. The summed E-state index contributed by atoms with van der Waals surface area (Å²) in [5.41, 5.74) is 1.17. The molecule has 0 radical (unpaired) electrons. The van der Waals surface area contributed by atoms with E-state index in [1.807, 2.05) is 13.1 Å². The van der Waals surface area contributed by atoms with Crippen molar-refractivity contribution in [2.45, 2.75) is 38.3 Å². The van der Waals surface area contributed by atoms with Gasteiger partial charge in [-0.1, -0.05) is 28.4 Å². The maximum atomic E-state index is 13.2. The molecule has 4 heteroatoms. The fourth-order valence-corrected chi connectivity index (χ4v) is 3.69. The number of halogens is 2. The molecule has 1 aliphatic heterocycles. The first-order valence-electron chi connectivity index (χ1n) is 6.98. The van der Waals surface area contributed by atoms with Gasteiger partial charge in [-0.3, -0.25) is 4.90 Å². The molecule has 1 fully saturated rings. The Hall–Kier alpha value is -0.450. The van der Waals surface area contributed by atoms with Crippen LogP contribution in [0.1, 0.15) is 37.8 Å². The van der Waals surface area contributed by atoms with Gasteiger partial charge in [0.25, 0.3) is 0 Å². The molecular weight excluding hydrogens is 307 g/mol. The summed E-state index contributed by atoms with van der Waals surface area (Å²) in [6.45, 7) is 4.35. The predicted molar refractivity (Wildman–Crippen MR) is 80.8 cm³/mol. The molecule has 2 unspecified atom stereocenters. The first kappa shape index (κ1) is 14.9. The summed E-state index contributed by atoms with van der Waals surface area (Å²) < 4.78 is 14.1. The highest BCUT2D eigenvalue weighted by Crippen LogP contribution is 2.32. The van der Waals surface area contributed by atoms with Gasteiger partial charge in [0.15, 0.2) is 0 Å². The molecule has 19 heavy (non-hydrogen) atoms. The summed E-state index contributed by atoms with van der Waals surface area (Å²) in [5, 5.41) is 3.28. The summed E-state index contributed by atoms with van der Waals surface area (Å²) in [5.74, 6) is -0.187. The molecule has 2 rings (SSSR count). The minimum Gasteiger partial charge on any atom is -0.318 e. The predicted octanol–water partition coefficient (Wildman–Crippen LogP) is 3.72. The van der Waals surface area contributed by atoms with Crippen molar-refractivity contribution in [2.24, 2.45) is 0 Å². The molecule has 1 aliphatic rings. The third kappa shape index (κ3) is 3.56. The number of nitrogens with zero attached hydrogens (tertiary/aromatic N) is 1. The molecule has 0 aromatic heterocycles. The summed E-state index contributed by atoms with van der Waals surface area (Å²) in [4.78, 5) is 2.54. The molecule has 1 heterocycles. The van der Waals surface area contributed by atoms with Crippen LogP contribution in [-0.2, 0) is 0 Å². The standard InChI is InChI=1S/C15H22BrFN2/c1-11(14-7-6-12(17)9-15(14)16)19-8-4-3-5-13(19)10-18-2/h6-7,9,11,13,18H,3-5,8,10H2,1-2H3. The second-order valence-electron chi connectivity index (χ2n) is 5.29. The summed E-state index contributed by atoms with van der Waals surface area (Å²) in [6.07, 6.45) is 3.80. The van der Waals surface area contributed by atoms with E-state index in [-0.39, 0.29) is 5.82 Å². The number of hydrogen-bond acceptors (Lipinski definition) is 2. The van der Waals surface area contributed by atoms with Crippen LogP contribution in [0.15, 0.2) is 22.7 Å². The van der Waals surface area contributed by atoms with Crippen LogP contribution in [0.4, 0.5) is 4.39 Å². The van der Waals surface area contributed by atoms with Crippen LogP contribution in [0, 0.1) is 5.82 Å². The minimum atomic E-state index is -0.187. The first-order chi connectivity index (χ1) is 9.13. The van der Waals surface area contributed by atoms with Crippen LogP contribution >= 0.6 is 15.9 Å². The highest BCUT2D eigenvalue weighted by molar-refractivity contribution is 9.10. The van der Waals surface area contributed by atoms with Crippen molar-refractivity contribution in [1.82, 2.24) is 10.2 Å². The molecule has 0 saturated carbocycles. The monoisotopic (exact) mass is 328 g/mol. The molecule has 0 aliphatic carbocycles. The second kappa shape index (κ2) is 6.82. The summed E-state index contributed by atoms with van der Waals surface area (Å²) in [6, 6.07) is 5.89. The van der Waals surface area contributed by atoms with E-state index in [0.29, 0.717) is 12.1 Å². The third-order valence-electron chi connectivity index (χ3n) is 4.02. The fraction of sp³-hybridized carbons (Fsp3) is 0.600. The number of hydrogen-bond donors (Lipinski definition) is 1. The van der Waals surface area contributed by atoms with Gasteiger partial charge in [0.1, 0.15) is 5.82 Å². The van der Waals surface area contributed by atoms with Crippen molar-refractivity contribution >= 4 is 15.9 Å². The highest BCUT2D eigenvalue weighted by atomic mass is 79.9. The van der Waals surface area contributed by atoms with E-state index >= 15 is 0 Å². The van der Waals surface area contributed by atoms with Gasteiger partial charge in [-0.05, 0) is 51.1 Å². The van der Waals surface area contributed by atoms with Gasteiger partial charge in [0.05, 0.1) is 0 Å². The summed E-state index contributed by atoms with van der Waals surface area (Å²) >= 11 is 3.49. The Morgan fingerprint density at radius 2 is 2.26 bits per heavy atom. The van der Waals surface area contributed by atoms with Crippen LogP contribution in [0.3, 0.4) is 0 Å². The zero-order valence-corrected chi connectivity index (χ0v) is 13.2. The lowest BCUT2D eigenvalue weighted by Crippen LogP contribution is -2.46. The molecule has 2 atom stereocenters. The SMILES string of the molecule is CNCC1CCCCN1C(C)c1ccc(F)cc1Br. The van der Waals surface area contributed by atoms with Crippen LogP contribution in [-0.4, -0.2) is 31.1 Å². The normalized spacial score (nSPS) is 22.4. The molecule has 1 aromatic rings. The Kier molecular flexibility index (Phi) is 5.37. The zero-order chi connectivity index (χ0) is 13.8. The average molecular weight is 329 g/mol. The Balaban J connectivity index is 2.18. The molecule has 1 N–H and O–H groups in total. The smallest absolute Gasteiger partial charge is 0.124 e. The highest BCUT2D eigenvalue weighted by Gasteiger charge is 2.27. The van der Waals surface area contributed by atoms with Crippen molar-refractivity contribution in [1.29, 1.82) is 0 Å². The van der Waals surface area contributed by atoms with Crippen molar-refractivity contribution in [3.8, 4) is 0 Å². The Labute approximate surface area is 123 Å². The van der Waals surface area contributed by atoms with Gasteiger partial charge < -0.3 is 5.32 Å². The van der Waals surface area contributed by atoms with Gasteiger partial charge in [-0.25, -0.2) is 4.39 Å². The lowest BCUT2D eigenvalue weighted by Gasteiger charge is -2.40. The number of nitrogens with one attached hydrogen (secondary N) is 1. The maximum Gasteiger partial charge on any atom is 0.124 e. The van der Waals surface area contributed by atoms with E-state index in [0.717, 1.165) is 17.6 Å². The number of benzene rings is 1. The van der Waals surface area contributed by atoms with Crippen LogP contribution < -0.4 is 5.32 Å². The molecule has 106 valence electrons. The van der Waals surface area contributed by atoms with Crippen LogP contribution in [0.5, 0.6) is 0 Å². The fourth-order valence-electron chi connectivity index (χ4n) is 3.01. The third-order valence-corrected chi connectivity index (χ3v) is 4.71. The maximum absolute atomic E-state index is 13.2. The van der Waals surface area contributed by atoms with Crippen molar-refractivity contribution < 1.29 is 4.39 Å².